The number of methoxy groups -OCH3 is 2. The number of hydrogen-bond acceptors (Lipinski definition) is 5. The number of rotatable bonds is 9. The minimum atomic E-state index is -0.430. The van der Waals surface area contributed by atoms with E-state index in [2.05, 4.69) is 19.9 Å². The maximum absolute atomic E-state index is 13.7. The van der Waals surface area contributed by atoms with Gasteiger partial charge in [-0.25, -0.2) is 0 Å². The Kier molecular flexibility index (Phi) is 6.88. The molecule has 186 valence electrons. The Labute approximate surface area is 206 Å². The van der Waals surface area contributed by atoms with Crippen molar-refractivity contribution in [1.29, 1.82) is 0 Å². The summed E-state index contributed by atoms with van der Waals surface area (Å²) in [4.78, 5) is 26.5. The Hall–Kier alpha value is -3.35. The van der Waals surface area contributed by atoms with Gasteiger partial charge >= 0.3 is 0 Å². The quantitative estimate of drug-likeness (QED) is 0.266. The molecule has 0 radical (unpaired) electrons. The third-order valence-corrected chi connectivity index (χ3v) is 8.01. The summed E-state index contributed by atoms with van der Waals surface area (Å²) in [7, 11) is 3.20. The van der Waals surface area contributed by atoms with E-state index in [0.717, 1.165) is 12.0 Å². The third kappa shape index (κ3) is 4.77. The summed E-state index contributed by atoms with van der Waals surface area (Å²) in [6.45, 7) is 7.34. The highest BCUT2D eigenvalue weighted by atomic mass is 16.6. The predicted octanol–water partition coefficient (Wildman–Crippen LogP) is 5.60. The normalized spacial score (nSPS) is 19.9. The number of benzene rings is 2. The fourth-order valence-electron chi connectivity index (χ4n) is 5.55. The van der Waals surface area contributed by atoms with Crippen molar-refractivity contribution in [2.75, 3.05) is 27.3 Å². The third-order valence-electron chi connectivity index (χ3n) is 8.01. The Morgan fingerprint density at radius 1 is 1.14 bits per heavy atom. The van der Waals surface area contributed by atoms with Crippen LogP contribution in [0.4, 0.5) is 5.69 Å². The van der Waals surface area contributed by atoms with Crippen molar-refractivity contribution >= 4 is 11.6 Å². The van der Waals surface area contributed by atoms with Gasteiger partial charge in [-0.1, -0.05) is 37.6 Å². The Morgan fingerprint density at radius 2 is 1.89 bits per heavy atom. The predicted molar refractivity (Wildman–Crippen MR) is 135 cm³/mol. The second kappa shape index (κ2) is 9.72. The van der Waals surface area contributed by atoms with Crippen molar-refractivity contribution in [1.82, 2.24) is 4.90 Å². The summed E-state index contributed by atoms with van der Waals surface area (Å²) in [6.07, 6.45) is 5.15. The highest BCUT2D eigenvalue weighted by molar-refractivity contribution is 5.95. The fourth-order valence-corrected chi connectivity index (χ4v) is 5.55. The van der Waals surface area contributed by atoms with E-state index in [-0.39, 0.29) is 17.0 Å². The molecule has 2 bridgehead atoms. The van der Waals surface area contributed by atoms with E-state index in [1.165, 1.54) is 18.1 Å². The number of allylic oxidation sites excluding steroid dienone is 1. The van der Waals surface area contributed by atoms with Crippen LogP contribution < -0.4 is 9.47 Å². The van der Waals surface area contributed by atoms with Gasteiger partial charge in [0.2, 0.25) is 0 Å². The molecule has 2 atom stereocenters. The van der Waals surface area contributed by atoms with Crippen molar-refractivity contribution in [3.63, 3.8) is 0 Å². The molecule has 0 N–H and O–H groups in total. The van der Waals surface area contributed by atoms with Crippen molar-refractivity contribution in [3.8, 4) is 11.5 Å². The van der Waals surface area contributed by atoms with Gasteiger partial charge in [-0.2, -0.15) is 0 Å². The maximum Gasteiger partial charge on any atom is 0.273 e. The molecule has 0 aromatic heterocycles. The standard InChI is InChI=1S/C28H34N2O5/c1-18-6-8-20(15-24(18)30(32)33)27(31)29(17-21-9-10-22-16-23(21)28(22,2)3)13-12-19-7-11-25(34-4)26(14-19)35-5/h6-9,11,14-15,22-23H,10,12-13,16-17H2,1-5H3. The van der Waals surface area contributed by atoms with Crippen molar-refractivity contribution in [3.05, 3.63) is 74.9 Å². The second-order valence-corrected chi connectivity index (χ2v) is 10.2. The van der Waals surface area contributed by atoms with E-state index in [1.807, 2.05) is 23.1 Å². The molecule has 0 spiro atoms. The lowest BCUT2D eigenvalue weighted by atomic mass is 9.49. The van der Waals surface area contributed by atoms with E-state index >= 15 is 0 Å². The number of amides is 1. The van der Waals surface area contributed by atoms with Crippen LogP contribution in [-0.2, 0) is 6.42 Å². The molecule has 7 nitrogen and oxygen atoms in total. The van der Waals surface area contributed by atoms with Crippen LogP contribution in [0.5, 0.6) is 11.5 Å². The Balaban J connectivity index is 1.60. The zero-order chi connectivity index (χ0) is 25.3. The first-order valence-corrected chi connectivity index (χ1v) is 12.1. The Morgan fingerprint density at radius 3 is 2.51 bits per heavy atom. The first kappa shape index (κ1) is 24.8. The maximum atomic E-state index is 13.7. The fraction of sp³-hybridized carbons (Fsp3) is 0.464. The minimum absolute atomic E-state index is 0.0319. The first-order valence-electron chi connectivity index (χ1n) is 12.1. The van der Waals surface area contributed by atoms with Crippen LogP contribution >= 0.6 is 0 Å². The van der Waals surface area contributed by atoms with E-state index < -0.39 is 4.92 Å². The van der Waals surface area contributed by atoms with Gasteiger partial charge in [-0.3, -0.25) is 14.9 Å². The van der Waals surface area contributed by atoms with Crippen molar-refractivity contribution in [2.45, 2.75) is 40.0 Å². The second-order valence-electron chi connectivity index (χ2n) is 10.2. The average molecular weight is 479 g/mol. The van der Waals surface area contributed by atoms with Crippen LogP contribution in [0.1, 0.15) is 48.2 Å². The van der Waals surface area contributed by atoms with E-state index in [9.17, 15) is 14.9 Å². The largest absolute Gasteiger partial charge is 0.493 e. The lowest BCUT2D eigenvalue weighted by molar-refractivity contribution is -0.385. The molecule has 35 heavy (non-hydrogen) atoms. The molecular weight excluding hydrogens is 444 g/mol. The van der Waals surface area contributed by atoms with E-state index in [4.69, 9.17) is 9.47 Å². The number of hydrogen-bond donors (Lipinski definition) is 0. The van der Waals surface area contributed by atoms with Crippen LogP contribution in [0.2, 0.25) is 0 Å². The van der Waals surface area contributed by atoms with Gasteiger partial charge in [-0.15, -0.1) is 0 Å². The zero-order valence-corrected chi connectivity index (χ0v) is 21.2. The number of aryl methyl sites for hydroxylation is 1. The summed E-state index contributed by atoms with van der Waals surface area (Å²) in [5, 5.41) is 11.5. The molecule has 0 heterocycles. The summed E-state index contributed by atoms with van der Waals surface area (Å²) in [6, 6.07) is 10.5. The molecule has 2 unspecified atom stereocenters. The molecule has 0 aliphatic heterocycles. The van der Waals surface area contributed by atoms with Gasteiger partial charge in [-0.05, 0) is 67.2 Å². The van der Waals surface area contributed by atoms with Crippen LogP contribution in [0.25, 0.3) is 0 Å². The summed E-state index contributed by atoms with van der Waals surface area (Å²) in [5.74, 6) is 2.31. The summed E-state index contributed by atoms with van der Waals surface area (Å²) in [5.41, 5.74) is 3.44. The van der Waals surface area contributed by atoms with Crippen LogP contribution in [0.15, 0.2) is 48.0 Å². The molecule has 1 saturated carbocycles. The van der Waals surface area contributed by atoms with Crippen LogP contribution in [0, 0.1) is 34.3 Å². The molecule has 1 fully saturated rings. The van der Waals surface area contributed by atoms with E-state index in [1.54, 1.807) is 33.3 Å². The lowest BCUT2D eigenvalue weighted by Crippen LogP contribution is -2.50. The van der Waals surface area contributed by atoms with Crippen LogP contribution in [-0.4, -0.2) is 43.0 Å². The minimum Gasteiger partial charge on any atom is -0.493 e. The topological polar surface area (TPSA) is 81.9 Å². The van der Waals surface area contributed by atoms with Crippen LogP contribution in [0.3, 0.4) is 0 Å². The Bertz CT molecular complexity index is 1170. The highest BCUT2D eigenvalue weighted by Gasteiger charge is 2.51. The first-order chi connectivity index (χ1) is 16.6. The van der Waals surface area contributed by atoms with Gasteiger partial charge in [0.25, 0.3) is 11.6 Å². The number of nitrogens with zero attached hydrogens (tertiary/aromatic N) is 2. The van der Waals surface area contributed by atoms with Gasteiger partial charge in [0.1, 0.15) is 0 Å². The van der Waals surface area contributed by atoms with Gasteiger partial charge in [0.05, 0.1) is 19.1 Å². The summed E-state index contributed by atoms with van der Waals surface area (Å²) >= 11 is 0. The SMILES string of the molecule is COc1ccc(CCN(CC2=CCC3CC2C3(C)C)C(=O)c2ccc(C)c([N+](=O)[O-])c2)cc1OC. The molecule has 7 heteroatoms. The molecule has 3 aliphatic carbocycles. The van der Waals surface area contributed by atoms with Gasteiger partial charge in [0, 0.05) is 30.3 Å². The lowest BCUT2D eigenvalue weighted by Gasteiger charge is -2.57. The van der Waals surface area contributed by atoms with Gasteiger partial charge in [0.15, 0.2) is 11.5 Å². The van der Waals surface area contributed by atoms with E-state index in [0.29, 0.717) is 54.0 Å². The number of fused-ring (bicyclic) bond motifs is 1. The number of carbonyl (C=O) groups is 1. The number of carbonyl (C=O) groups excluding carboxylic acids is 1. The highest BCUT2D eigenvalue weighted by Crippen LogP contribution is 2.59. The molecule has 3 aliphatic rings. The number of nitro groups is 1. The molecule has 5 rings (SSSR count). The number of nitro benzene ring substituents is 1. The average Bonchev–Trinajstić information content (AvgIpc) is 2.85. The molecule has 1 amide bonds. The van der Waals surface area contributed by atoms with Crippen molar-refractivity contribution < 1.29 is 19.2 Å². The van der Waals surface area contributed by atoms with Gasteiger partial charge < -0.3 is 14.4 Å². The monoisotopic (exact) mass is 478 g/mol. The number of ether oxygens (including phenoxy) is 2. The molecule has 2 aromatic rings. The van der Waals surface area contributed by atoms with Crippen molar-refractivity contribution in [2.24, 2.45) is 17.3 Å². The zero-order valence-electron chi connectivity index (χ0n) is 21.2. The molecule has 0 saturated heterocycles. The smallest absolute Gasteiger partial charge is 0.273 e. The summed E-state index contributed by atoms with van der Waals surface area (Å²) < 4.78 is 10.8. The molecular formula is C28H34N2O5. The molecule has 2 aromatic carbocycles.